The molecule has 0 fully saturated rings. The minimum Gasteiger partial charge on any atom is -0.492 e. The van der Waals surface area contributed by atoms with Crippen LogP contribution >= 0.6 is 0 Å². The van der Waals surface area contributed by atoms with Crippen molar-refractivity contribution in [2.45, 2.75) is 26.3 Å². The van der Waals surface area contributed by atoms with Crippen LogP contribution in [0.3, 0.4) is 0 Å². The number of hydrogen-bond acceptors (Lipinski definition) is 3. The summed E-state index contributed by atoms with van der Waals surface area (Å²) in [5, 5.41) is 2.87. The summed E-state index contributed by atoms with van der Waals surface area (Å²) in [6.07, 6.45) is 2.46. The number of hydrogen-bond donors (Lipinski definition) is 1. The van der Waals surface area contributed by atoms with Crippen molar-refractivity contribution in [2.75, 3.05) is 6.61 Å². The smallest absolute Gasteiger partial charge is 0.253 e. The Bertz CT molecular complexity index is 390. The molecule has 4 nitrogen and oxygen atoms in total. The van der Waals surface area contributed by atoms with E-state index in [1.54, 1.807) is 12.3 Å². The molecule has 80 valence electrons. The van der Waals surface area contributed by atoms with Gasteiger partial charge in [-0.25, -0.2) is 0 Å². The molecule has 1 aliphatic heterocycles. The largest absolute Gasteiger partial charge is 0.492 e. The fourth-order valence-corrected chi connectivity index (χ4v) is 1.72. The van der Waals surface area contributed by atoms with Gasteiger partial charge in [0, 0.05) is 12.5 Å². The van der Waals surface area contributed by atoms with Crippen LogP contribution in [-0.4, -0.2) is 23.5 Å². The number of rotatable bonds is 2. The Morgan fingerprint density at radius 3 is 3.20 bits per heavy atom. The molecule has 15 heavy (non-hydrogen) atoms. The Balaban J connectivity index is 2.35. The highest BCUT2D eigenvalue weighted by Gasteiger charge is 2.22. The molecule has 1 N–H and O–H groups in total. The van der Waals surface area contributed by atoms with Gasteiger partial charge in [0.25, 0.3) is 5.91 Å². The lowest BCUT2D eigenvalue weighted by atomic mass is 10.0. The molecule has 1 aromatic heterocycles. The second-order valence-electron chi connectivity index (χ2n) is 3.68. The molecule has 0 saturated carbocycles. The van der Waals surface area contributed by atoms with E-state index in [-0.39, 0.29) is 11.9 Å². The standard InChI is InChI=1S/C11H14N2O2/c1-3-15-8-5-9-10(12-6-8)4-7(2)13-11(9)14/h5-7H,3-4H2,1-2H3,(H,13,14). The molecule has 0 aromatic carbocycles. The fraction of sp³-hybridized carbons (Fsp3) is 0.455. The Kier molecular flexibility index (Phi) is 2.58. The van der Waals surface area contributed by atoms with E-state index < -0.39 is 0 Å². The minimum atomic E-state index is -0.0576. The van der Waals surface area contributed by atoms with Crippen molar-refractivity contribution < 1.29 is 9.53 Å². The lowest BCUT2D eigenvalue weighted by Crippen LogP contribution is -2.39. The number of pyridine rings is 1. The van der Waals surface area contributed by atoms with Gasteiger partial charge in [0.15, 0.2) is 0 Å². The van der Waals surface area contributed by atoms with Gasteiger partial charge in [-0.3, -0.25) is 9.78 Å². The third kappa shape index (κ3) is 1.93. The molecule has 0 saturated heterocycles. The van der Waals surface area contributed by atoms with Gasteiger partial charge in [-0.2, -0.15) is 0 Å². The minimum absolute atomic E-state index is 0.0576. The number of amides is 1. The molecule has 1 unspecified atom stereocenters. The molecule has 0 aliphatic carbocycles. The summed E-state index contributed by atoms with van der Waals surface area (Å²) in [5.74, 6) is 0.596. The van der Waals surface area contributed by atoms with Crippen molar-refractivity contribution in [1.82, 2.24) is 10.3 Å². The molecule has 2 rings (SSSR count). The highest BCUT2D eigenvalue weighted by Crippen LogP contribution is 2.19. The van der Waals surface area contributed by atoms with E-state index in [0.29, 0.717) is 17.9 Å². The van der Waals surface area contributed by atoms with Crippen molar-refractivity contribution in [2.24, 2.45) is 0 Å². The van der Waals surface area contributed by atoms with Gasteiger partial charge in [-0.1, -0.05) is 0 Å². The maximum atomic E-state index is 11.6. The summed E-state index contributed by atoms with van der Waals surface area (Å²) in [6.45, 7) is 4.46. The second-order valence-corrected chi connectivity index (χ2v) is 3.68. The zero-order valence-electron chi connectivity index (χ0n) is 8.91. The van der Waals surface area contributed by atoms with E-state index in [1.807, 2.05) is 13.8 Å². The number of fused-ring (bicyclic) bond motifs is 1. The number of carbonyl (C=O) groups is 1. The summed E-state index contributed by atoms with van der Waals surface area (Å²) < 4.78 is 5.30. The first-order valence-electron chi connectivity index (χ1n) is 5.13. The molecule has 0 spiro atoms. The Morgan fingerprint density at radius 2 is 2.47 bits per heavy atom. The number of aromatic nitrogens is 1. The Labute approximate surface area is 88.7 Å². The van der Waals surface area contributed by atoms with Crippen LogP contribution in [0.25, 0.3) is 0 Å². The van der Waals surface area contributed by atoms with E-state index in [9.17, 15) is 4.79 Å². The van der Waals surface area contributed by atoms with Crippen LogP contribution < -0.4 is 10.1 Å². The zero-order valence-corrected chi connectivity index (χ0v) is 8.91. The average Bonchev–Trinajstić information content (AvgIpc) is 2.19. The molecule has 1 aromatic rings. The van der Waals surface area contributed by atoms with Crippen LogP contribution in [0.1, 0.15) is 29.9 Å². The first kappa shape index (κ1) is 9.96. The number of ether oxygens (including phenoxy) is 1. The SMILES string of the molecule is CCOc1cnc2c(c1)C(=O)NC(C)C2. The normalized spacial score (nSPS) is 19.3. The summed E-state index contributed by atoms with van der Waals surface area (Å²) >= 11 is 0. The predicted octanol–water partition coefficient (Wildman–Crippen LogP) is 1.15. The number of nitrogens with zero attached hydrogens (tertiary/aromatic N) is 1. The van der Waals surface area contributed by atoms with Crippen molar-refractivity contribution >= 4 is 5.91 Å². The molecule has 1 amide bonds. The van der Waals surface area contributed by atoms with Gasteiger partial charge in [0.1, 0.15) is 5.75 Å². The summed E-state index contributed by atoms with van der Waals surface area (Å²) in [7, 11) is 0. The van der Waals surface area contributed by atoms with Crippen molar-refractivity contribution in [3.63, 3.8) is 0 Å². The zero-order chi connectivity index (χ0) is 10.8. The van der Waals surface area contributed by atoms with Crippen molar-refractivity contribution in [1.29, 1.82) is 0 Å². The van der Waals surface area contributed by atoms with E-state index >= 15 is 0 Å². The third-order valence-electron chi connectivity index (χ3n) is 2.38. The van der Waals surface area contributed by atoms with E-state index in [4.69, 9.17) is 4.74 Å². The summed E-state index contributed by atoms with van der Waals surface area (Å²) in [5.41, 5.74) is 1.49. The van der Waals surface area contributed by atoms with E-state index in [1.165, 1.54) is 0 Å². The van der Waals surface area contributed by atoms with Crippen LogP contribution in [0.15, 0.2) is 12.3 Å². The Morgan fingerprint density at radius 1 is 1.67 bits per heavy atom. The van der Waals surface area contributed by atoms with Crippen LogP contribution in [-0.2, 0) is 6.42 Å². The molecule has 0 radical (unpaired) electrons. The lowest BCUT2D eigenvalue weighted by Gasteiger charge is -2.21. The Hall–Kier alpha value is -1.58. The summed E-state index contributed by atoms with van der Waals surface area (Å²) in [4.78, 5) is 15.9. The first-order chi connectivity index (χ1) is 7.20. The van der Waals surface area contributed by atoms with Gasteiger partial charge in [-0.05, 0) is 19.9 Å². The van der Waals surface area contributed by atoms with Gasteiger partial charge < -0.3 is 10.1 Å². The molecule has 4 heteroatoms. The average molecular weight is 206 g/mol. The van der Waals surface area contributed by atoms with E-state index in [0.717, 1.165) is 12.1 Å². The molecule has 0 bridgehead atoms. The quantitative estimate of drug-likeness (QED) is 0.789. The highest BCUT2D eigenvalue weighted by atomic mass is 16.5. The second kappa shape index (κ2) is 3.88. The predicted molar refractivity (Wildman–Crippen MR) is 56.0 cm³/mol. The van der Waals surface area contributed by atoms with Crippen LogP contribution in [0.4, 0.5) is 0 Å². The van der Waals surface area contributed by atoms with Crippen molar-refractivity contribution in [3.8, 4) is 5.75 Å². The number of carbonyl (C=O) groups excluding carboxylic acids is 1. The van der Waals surface area contributed by atoms with Gasteiger partial charge in [-0.15, -0.1) is 0 Å². The first-order valence-corrected chi connectivity index (χ1v) is 5.13. The maximum Gasteiger partial charge on any atom is 0.253 e. The summed E-state index contributed by atoms with van der Waals surface area (Å²) in [6, 6.07) is 1.92. The fourth-order valence-electron chi connectivity index (χ4n) is 1.72. The van der Waals surface area contributed by atoms with Crippen molar-refractivity contribution in [3.05, 3.63) is 23.5 Å². The topological polar surface area (TPSA) is 51.2 Å². The molecular weight excluding hydrogens is 192 g/mol. The third-order valence-corrected chi connectivity index (χ3v) is 2.38. The molecule has 2 heterocycles. The molecule has 1 aliphatic rings. The monoisotopic (exact) mass is 206 g/mol. The van der Waals surface area contributed by atoms with Gasteiger partial charge >= 0.3 is 0 Å². The van der Waals surface area contributed by atoms with Crippen LogP contribution in [0.2, 0.25) is 0 Å². The van der Waals surface area contributed by atoms with Gasteiger partial charge in [0.2, 0.25) is 0 Å². The number of nitrogens with one attached hydrogen (secondary N) is 1. The van der Waals surface area contributed by atoms with Gasteiger partial charge in [0.05, 0.1) is 24.1 Å². The lowest BCUT2D eigenvalue weighted by molar-refractivity contribution is 0.0927. The maximum absolute atomic E-state index is 11.6. The van der Waals surface area contributed by atoms with Crippen LogP contribution in [0.5, 0.6) is 5.75 Å². The van der Waals surface area contributed by atoms with E-state index in [2.05, 4.69) is 10.3 Å². The highest BCUT2D eigenvalue weighted by molar-refractivity contribution is 5.96. The molecule has 1 atom stereocenters. The van der Waals surface area contributed by atoms with Crippen LogP contribution in [0, 0.1) is 0 Å². The molecular formula is C11H14N2O2.